The van der Waals surface area contributed by atoms with Crippen LogP contribution in [0.1, 0.15) is 0 Å². The highest BCUT2D eigenvalue weighted by atomic mass is 35.9. The molecule has 1 fully saturated rings. The van der Waals surface area contributed by atoms with Crippen LogP contribution in [-0.4, -0.2) is 13.2 Å². The van der Waals surface area contributed by atoms with E-state index in [4.69, 9.17) is 36.0 Å². The van der Waals surface area contributed by atoms with Crippen LogP contribution < -0.4 is 15.7 Å². The normalized spacial score (nSPS) is 27.1. The van der Waals surface area contributed by atoms with Crippen LogP contribution in [0.25, 0.3) is 0 Å². The van der Waals surface area contributed by atoms with Crippen molar-refractivity contribution in [1.29, 1.82) is 0 Å². The first kappa shape index (κ1) is 17.1. The molecule has 10 heteroatoms. The van der Waals surface area contributed by atoms with Gasteiger partial charge in [-0.1, -0.05) is 60.7 Å². The van der Waals surface area contributed by atoms with Crippen LogP contribution in [0.5, 0.6) is 0 Å². The summed E-state index contributed by atoms with van der Waals surface area (Å²) in [6, 6.07) is 20.0. The number of nitrogens with zero attached hydrogens (tertiary/aromatic N) is 3. The van der Waals surface area contributed by atoms with Gasteiger partial charge in [0.15, 0.2) is 0 Å². The lowest BCUT2D eigenvalue weighted by Gasteiger charge is -2.30. The van der Waals surface area contributed by atoms with Gasteiger partial charge in [0, 0.05) is 17.2 Å². The minimum atomic E-state index is -2.89. The molecule has 0 radical (unpaired) electrons. The highest BCUT2D eigenvalue weighted by Crippen LogP contribution is 2.81. The Kier molecular flexibility index (Phi) is 4.56. The second-order valence-electron chi connectivity index (χ2n) is 5.28. The monoisotopic (exact) mass is 418 g/mol. The van der Waals surface area contributed by atoms with Crippen molar-refractivity contribution in [3.63, 3.8) is 0 Å². The minimum Gasteiger partial charge on any atom is -0.314 e. The first-order chi connectivity index (χ1) is 11.5. The Hall–Kier alpha value is -0.370. The Labute approximate surface area is 150 Å². The average Bonchev–Trinajstić information content (AvgIpc) is 3.02. The van der Waals surface area contributed by atoms with Crippen LogP contribution in [0.3, 0.4) is 0 Å². The fourth-order valence-corrected chi connectivity index (χ4v) is 16.2. The third kappa shape index (κ3) is 3.08. The van der Waals surface area contributed by atoms with Gasteiger partial charge in [-0.15, -0.1) is 0 Å². The van der Waals surface area contributed by atoms with Gasteiger partial charge < -0.3 is 4.52 Å². The molecule has 2 aliphatic rings. The van der Waals surface area contributed by atoms with Crippen LogP contribution in [0.15, 0.2) is 74.2 Å². The lowest BCUT2D eigenvalue weighted by molar-refractivity contribution is 0.393. The van der Waals surface area contributed by atoms with E-state index in [0.717, 1.165) is 10.6 Å². The molecule has 2 aromatic rings. The fourth-order valence-electron chi connectivity index (χ4n) is 2.68. The van der Waals surface area contributed by atoms with Crippen LogP contribution in [0, 0.1) is 0 Å². The van der Waals surface area contributed by atoms with Gasteiger partial charge in [0.2, 0.25) is 0 Å². The molecular weight excluding hydrogens is 404 g/mol. The average molecular weight is 419 g/mol. The number of nitrogens with one attached hydrogen (secondary N) is 1. The number of rotatable bonds is 2. The molecule has 1 saturated heterocycles. The van der Waals surface area contributed by atoms with Crippen molar-refractivity contribution in [2.75, 3.05) is 13.2 Å². The smallest absolute Gasteiger partial charge is 0.277 e. The molecule has 1 unspecified atom stereocenters. The van der Waals surface area contributed by atoms with E-state index < -0.39 is 20.7 Å². The van der Waals surface area contributed by atoms with Gasteiger partial charge >= 0.3 is 0 Å². The Morgan fingerprint density at radius 1 is 0.833 bits per heavy atom. The van der Waals surface area contributed by atoms with Crippen molar-refractivity contribution in [1.82, 2.24) is 5.09 Å². The third-order valence-electron chi connectivity index (χ3n) is 3.64. The summed E-state index contributed by atoms with van der Waals surface area (Å²) in [5.41, 5.74) is 0. The predicted octanol–water partition coefficient (Wildman–Crippen LogP) is 5.76. The van der Waals surface area contributed by atoms with Gasteiger partial charge in [0.25, 0.3) is 13.5 Å². The molecule has 0 saturated carbocycles. The van der Waals surface area contributed by atoms with Gasteiger partial charge in [-0.05, 0) is 22.5 Å². The van der Waals surface area contributed by atoms with E-state index in [0.29, 0.717) is 13.2 Å². The van der Waals surface area contributed by atoms with Crippen molar-refractivity contribution in [3.05, 3.63) is 60.7 Å². The van der Waals surface area contributed by atoms with Crippen molar-refractivity contribution in [2.24, 2.45) is 13.5 Å². The van der Waals surface area contributed by atoms with E-state index in [1.54, 1.807) is 0 Å². The Balaban J connectivity index is 2.11. The molecule has 2 aliphatic heterocycles. The Morgan fingerprint density at radius 2 is 1.42 bits per heavy atom. The molecule has 1 N–H and O–H groups in total. The summed E-state index contributed by atoms with van der Waals surface area (Å²) in [6.45, 7) is 1.25. The number of benzene rings is 2. The first-order valence-electron chi connectivity index (χ1n) is 7.36. The molecule has 4 rings (SSSR count). The zero-order valence-electron chi connectivity index (χ0n) is 12.5. The summed E-state index contributed by atoms with van der Waals surface area (Å²) in [5, 5.41) is 5.32. The van der Waals surface area contributed by atoms with Crippen LogP contribution in [-0.2, 0) is 4.52 Å². The summed E-state index contributed by atoms with van der Waals surface area (Å²) < 4.78 is 20.3. The van der Waals surface area contributed by atoms with E-state index >= 15 is 0 Å². The largest absolute Gasteiger partial charge is 0.314 e. The summed E-state index contributed by atoms with van der Waals surface area (Å²) in [7, 11) is -5.10. The maximum Gasteiger partial charge on any atom is 0.277 e. The highest BCUT2D eigenvalue weighted by Gasteiger charge is 2.40. The summed E-state index contributed by atoms with van der Waals surface area (Å²) in [5.74, 6) is -2.89. The maximum atomic E-state index is 6.54. The number of halogens is 2. The second-order valence-corrected chi connectivity index (χ2v) is 15.6. The first-order valence-corrected chi connectivity index (χ1v) is 14.2. The van der Waals surface area contributed by atoms with Gasteiger partial charge in [-0.2, -0.15) is 9.03 Å². The van der Waals surface area contributed by atoms with E-state index in [1.807, 2.05) is 60.7 Å². The molecule has 24 heavy (non-hydrogen) atoms. The minimum absolute atomic E-state index is 0.554. The topological polar surface area (TPSA) is 58.3 Å². The summed E-state index contributed by atoms with van der Waals surface area (Å²) in [6.07, 6.45) is 0. The molecule has 0 amide bonds. The molecule has 1 spiro atoms. The Bertz CT molecular complexity index is 874. The predicted molar refractivity (Wildman–Crippen MR) is 106 cm³/mol. The number of hydrogen-bond donors (Lipinski definition) is 1. The quantitative estimate of drug-likeness (QED) is 0.630. The lowest BCUT2D eigenvalue weighted by Crippen LogP contribution is -2.16. The van der Waals surface area contributed by atoms with E-state index in [1.165, 1.54) is 0 Å². The van der Waals surface area contributed by atoms with Crippen molar-refractivity contribution >= 4 is 53.8 Å². The van der Waals surface area contributed by atoms with Crippen LogP contribution in [0.4, 0.5) is 0 Å². The Morgan fingerprint density at radius 3 is 1.92 bits per heavy atom. The zero-order valence-corrected chi connectivity index (χ0v) is 16.7. The van der Waals surface area contributed by atoms with Crippen molar-refractivity contribution in [3.8, 4) is 0 Å². The lowest BCUT2D eigenvalue weighted by atomic mass is 10.4. The third-order valence-corrected chi connectivity index (χ3v) is 15.0. The molecule has 0 aromatic heterocycles. The van der Waals surface area contributed by atoms with Gasteiger partial charge in [-0.25, -0.2) is 9.60 Å². The van der Waals surface area contributed by atoms with Crippen LogP contribution >= 0.6 is 43.2 Å². The van der Waals surface area contributed by atoms with Crippen molar-refractivity contribution in [2.45, 2.75) is 0 Å². The van der Waals surface area contributed by atoms with E-state index in [-0.39, 0.29) is 0 Å². The van der Waals surface area contributed by atoms with Crippen LogP contribution in [0.2, 0.25) is 0 Å². The molecule has 5 nitrogen and oxygen atoms in total. The summed E-state index contributed by atoms with van der Waals surface area (Å²) in [4.78, 5) is 0. The standard InChI is InChI=1S/C14H15Cl2N4OP3/c15-23(16)18-22(13-7-3-1-4-8-13,14-9-5-2-6-10-14)19-24(20-23)17-11-12-21-24/h1-10,17H,11-12H2. The molecule has 2 aromatic carbocycles. The maximum absolute atomic E-state index is 6.54. The molecule has 0 bridgehead atoms. The van der Waals surface area contributed by atoms with Gasteiger partial charge in [0.05, 0.1) is 6.61 Å². The molecule has 126 valence electrons. The number of hydrogen-bond acceptors (Lipinski definition) is 5. The van der Waals surface area contributed by atoms with E-state index in [9.17, 15) is 0 Å². The molecule has 0 aliphatic carbocycles. The zero-order chi connectivity index (χ0) is 16.7. The second kappa shape index (κ2) is 6.41. The fraction of sp³-hybridized carbons (Fsp3) is 0.143. The van der Waals surface area contributed by atoms with Gasteiger partial charge in [0.1, 0.15) is 7.21 Å². The molecule has 2 heterocycles. The highest BCUT2D eigenvalue weighted by molar-refractivity contribution is 8.14. The SMILES string of the molecule is ClP1(Cl)=NP2(=NP(c3ccccc3)(c3ccccc3)=N1)NCCO2. The molecular formula is C14H15Cl2N4OP3. The van der Waals surface area contributed by atoms with Crippen molar-refractivity contribution < 1.29 is 4.52 Å². The van der Waals surface area contributed by atoms with Gasteiger partial charge in [-0.3, -0.25) is 0 Å². The summed E-state index contributed by atoms with van der Waals surface area (Å²) >= 11 is 13.1. The van der Waals surface area contributed by atoms with E-state index in [2.05, 4.69) is 9.60 Å². The molecule has 1 atom stereocenters.